The molecule has 0 radical (unpaired) electrons. The molecule has 0 saturated heterocycles. The van der Waals surface area contributed by atoms with Gasteiger partial charge in [0.05, 0.1) is 24.7 Å². The molecule has 9 heteroatoms. The molecule has 0 unspecified atom stereocenters. The van der Waals surface area contributed by atoms with Crippen LogP contribution in [0.25, 0.3) is 22.0 Å². The maximum atomic E-state index is 12.4. The standard InChI is InChI=1S/C26H21IN4O4/c1-14-19-11-20-21(12-22(19)35-25(33)23(14)24(28)32)31(13-15-5-3-6-16(27)9-15)26(30-20)29-17-7-4-8-18(10-17)34-2/h3-12H,13H2,1-2H3,(H2,28,32)(H,29,30). The lowest BCUT2D eigenvalue weighted by Gasteiger charge is -2.12. The van der Waals surface area contributed by atoms with Crippen LogP contribution in [-0.2, 0) is 6.54 Å². The summed E-state index contributed by atoms with van der Waals surface area (Å²) in [5.41, 5.74) is 8.71. The monoisotopic (exact) mass is 580 g/mol. The fourth-order valence-electron chi connectivity index (χ4n) is 4.16. The number of halogens is 1. The zero-order valence-corrected chi connectivity index (χ0v) is 21.1. The highest BCUT2D eigenvalue weighted by molar-refractivity contribution is 14.1. The summed E-state index contributed by atoms with van der Waals surface area (Å²) < 4.78 is 14.0. The average Bonchev–Trinajstić information content (AvgIpc) is 3.13. The number of carbonyl (C=O) groups is 1. The number of nitrogens with zero attached hydrogens (tertiary/aromatic N) is 2. The van der Waals surface area contributed by atoms with Gasteiger partial charge in [-0.3, -0.25) is 4.79 Å². The first-order valence-corrected chi connectivity index (χ1v) is 11.8. The van der Waals surface area contributed by atoms with Gasteiger partial charge in [0, 0.05) is 26.8 Å². The Morgan fingerprint density at radius 2 is 1.97 bits per heavy atom. The fraction of sp³-hybridized carbons (Fsp3) is 0.115. The average molecular weight is 580 g/mol. The number of primary amides is 1. The predicted octanol–water partition coefficient (Wildman–Crippen LogP) is 4.96. The van der Waals surface area contributed by atoms with E-state index in [-0.39, 0.29) is 5.56 Å². The van der Waals surface area contributed by atoms with Gasteiger partial charge in [-0.25, -0.2) is 9.78 Å². The Hall–Kier alpha value is -3.86. The lowest BCUT2D eigenvalue weighted by Crippen LogP contribution is -2.22. The number of ether oxygens (including phenoxy) is 1. The Bertz CT molecular complexity index is 1670. The van der Waals surface area contributed by atoms with Crippen molar-refractivity contribution in [3.63, 3.8) is 0 Å². The summed E-state index contributed by atoms with van der Waals surface area (Å²) >= 11 is 2.28. The number of carbonyl (C=O) groups excluding carboxylic acids is 1. The van der Waals surface area contributed by atoms with E-state index in [2.05, 4.69) is 34.0 Å². The molecule has 35 heavy (non-hydrogen) atoms. The first-order valence-electron chi connectivity index (χ1n) is 10.8. The first kappa shape index (κ1) is 22.9. The van der Waals surface area contributed by atoms with Crippen LogP contribution in [0.2, 0.25) is 0 Å². The zero-order chi connectivity index (χ0) is 24.7. The van der Waals surface area contributed by atoms with E-state index in [1.807, 2.05) is 53.1 Å². The lowest BCUT2D eigenvalue weighted by molar-refractivity contribution is 0.0996. The van der Waals surface area contributed by atoms with Gasteiger partial charge in [-0.15, -0.1) is 0 Å². The lowest BCUT2D eigenvalue weighted by atomic mass is 10.1. The molecule has 3 aromatic carbocycles. The van der Waals surface area contributed by atoms with Gasteiger partial charge in [0.15, 0.2) is 0 Å². The number of methoxy groups -OCH3 is 1. The summed E-state index contributed by atoms with van der Waals surface area (Å²) in [5.74, 6) is 0.512. The SMILES string of the molecule is COc1cccc(Nc2nc3cc4c(C)c(C(N)=O)c(=O)oc4cc3n2Cc2cccc(I)c2)c1. The van der Waals surface area contributed by atoms with E-state index in [1.165, 1.54) is 0 Å². The number of nitrogens with two attached hydrogens (primary N) is 1. The molecule has 3 N–H and O–H groups in total. The van der Waals surface area contributed by atoms with Crippen LogP contribution in [0.4, 0.5) is 11.6 Å². The summed E-state index contributed by atoms with van der Waals surface area (Å²) in [7, 11) is 1.62. The van der Waals surface area contributed by atoms with Gasteiger partial charge in [-0.1, -0.05) is 18.2 Å². The topological polar surface area (TPSA) is 112 Å². The van der Waals surface area contributed by atoms with E-state index < -0.39 is 11.5 Å². The number of aromatic nitrogens is 2. The smallest absolute Gasteiger partial charge is 0.349 e. The number of rotatable bonds is 6. The van der Waals surface area contributed by atoms with Crippen LogP contribution in [0.5, 0.6) is 5.75 Å². The van der Waals surface area contributed by atoms with E-state index in [9.17, 15) is 9.59 Å². The third kappa shape index (κ3) is 4.34. The molecular weight excluding hydrogens is 559 g/mol. The number of imidazole rings is 1. The van der Waals surface area contributed by atoms with Crippen LogP contribution in [0.15, 0.2) is 69.9 Å². The number of fused-ring (bicyclic) bond motifs is 2. The number of aryl methyl sites for hydroxylation is 1. The Balaban J connectivity index is 1.72. The quantitative estimate of drug-likeness (QED) is 0.217. The van der Waals surface area contributed by atoms with Crippen molar-refractivity contribution in [1.29, 1.82) is 0 Å². The number of amides is 1. The van der Waals surface area contributed by atoms with Gasteiger partial charge in [0.25, 0.3) is 5.91 Å². The zero-order valence-electron chi connectivity index (χ0n) is 19.0. The second-order valence-electron chi connectivity index (χ2n) is 8.10. The number of hydrogen-bond acceptors (Lipinski definition) is 6. The van der Waals surface area contributed by atoms with Crippen molar-refractivity contribution in [3.8, 4) is 5.75 Å². The molecule has 2 aromatic heterocycles. The second-order valence-corrected chi connectivity index (χ2v) is 9.34. The Morgan fingerprint density at radius 3 is 2.71 bits per heavy atom. The molecule has 0 aliphatic carbocycles. The van der Waals surface area contributed by atoms with E-state index in [0.717, 1.165) is 26.1 Å². The summed E-state index contributed by atoms with van der Waals surface area (Å²) in [4.78, 5) is 29.1. The van der Waals surface area contributed by atoms with Gasteiger partial charge >= 0.3 is 5.63 Å². The molecule has 176 valence electrons. The molecule has 0 fully saturated rings. The Labute approximate surface area is 213 Å². The van der Waals surface area contributed by atoms with Crippen LogP contribution in [0.1, 0.15) is 21.5 Å². The van der Waals surface area contributed by atoms with E-state index in [1.54, 1.807) is 20.1 Å². The van der Waals surface area contributed by atoms with Gasteiger partial charge in [0.2, 0.25) is 5.95 Å². The summed E-state index contributed by atoms with van der Waals surface area (Å²) in [5, 5.41) is 3.99. The van der Waals surface area contributed by atoms with Crippen LogP contribution in [0.3, 0.4) is 0 Å². The highest BCUT2D eigenvalue weighted by Crippen LogP contribution is 2.30. The summed E-state index contributed by atoms with van der Waals surface area (Å²) in [6.07, 6.45) is 0. The fourth-order valence-corrected chi connectivity index (χ4v) is 4.76. The molecule has 5 rings (SSSR count). The van der Waals surface area contributed by atoms with Crippen molar-refractivity contribution in [2.75, 3.05) is 12.4 Å². The van der Waals surface area contributed by atoms with E-state index in [4.69, 9.17) is 19.9 Å². The molecule has 1 amide bonds. The minimum Gasteiger partial charge on any atom is -0.497 e. The summed E-state index contributed by atoms with van der Waals surface area (Å²) in [6, 6.07) is 19.4. The number of nitrogens with one attached hydrogen (secondary N) is 1. The van der Waals surface area contributed by atoms with Crippen LogP contribution in [-0.4, -0.2) is 22.6 Å². The molecule has 5 aromatic rings. The van der Waals surface area contributed by atoms with E-state index >= 15 is 0 Å². The van der Waals surface area contributed by atoms with Crippen LogP contribution >= 0.6 is 22.6 Å². The normalized spacial score (nSPS) is 11.2. The third-order valence-electron chi connectivity index (χ3n) is 5.84. The minimum atomic E-state index is -0.817. The number of anilines is 2. The minimum absolute atomic E-state index is 0.148. The maximum absolute atomic E-state index is 12.4. The Morgan fingerprint density at radius 1 is 1.17 bits per heavy atom. The van der Waals surface area contributed by atoms with Crippen LogP contribution < -0.4 is 21.4 Å². The molecule has 0 atom stereocenters. The molecule has 8 nitrogen and oxygen atoms in total. The third-order valence-corrected chi connectivity index (χ3v) is 6.51. The first-order chi connectivity index (χ1) is 16.8. The molecule has 0 bridgehead atoms. The van der Waals surface area contributed by atoms with Crippen molar-refractivity contribution in [3.05, 3.63) is 91.3 Å². The molecule has 0 spiro atoms. The highest BCUT2D eigenvalue weighted by Gasteiger charge is 2.19. The van der Waals surface area contributed by atoms with Gasteiger partial charge < -0.3 is 24.8 Å². The predicted molar refractivity (Wildman–Crippen MR) is 144 cm³/mol. The summed E-state index contributed by atoms with van der Waals surface area (Å²) in [6.45, 7) is 2.22. The van der Waals surface area contributed by atoms with Crippen LogP contribution in [0, 0.1) is 10.5 Å². The van der Waals surface area contributed by atoms with Crippen molar-refractivity contribution in [2.24, 2.45) is 5.73 Å². The maximum Gasteiger partial charge on any atom is 0.349 e. The molecule has 0 aliphatic rings. The highest BCUT2D eigenvalue weighted by atomic mass is 127. The molecule has 2 heterocycles. The van der Waals surface area contributed by atoms with Gasteiger partial charge in [-0.05, 0) is 71.0 Å². The largest absolute Gasteiger partial charge is 0.497 e. The van der Waals surface area contributed by atoms with E-state index in [0.29, 0.717) is 34.5 Å². The Kier molecular flexibility index (Phi) is 5.93. The molecule has 0 saturated carbocycles. The molecule has 0 aliphatic heterocycles. The van der Waals surface area contributed by atoms with Crippen molar-refractivity contribution < 1.29 is 13.9 Å². The van der Waals surface area contributed by atoms with Gasteiger partial charge in [-0.2, -0.15) is 0 Å². The number of benzene rings is 3. The van der Waals surface area contributed by atoms with Crippen molar-refractivity contribution >= 4 is 62.1 Å². The van der Waals surface area contributed by atoms with Crippen molar-refractivity contribution in [2.45, 2.75) is 13.5 Å². The molecular formula is C26H21IN4O4. The number of hydrogen-bond donors (Lipinski definition) is 2. The van der Waals surface area contributed by atoms with Crippen molar-refractivity contribution in [1.82, 2.24) is 9.55 Å². The van der Waals surface area contributed by atoms with Gasteiger partial charge in [0.1, 0.15) is 16.9 Å². The second kappa shape index (κ2) is 9.06.